The highest BCUT2D eigenvalue weighted by Gasteiger charge is 2.56. The second-order valence-electron chi connectivity index (χ2n) is 11.3. The van der Waals surface area contributed by atoms with E-state index in [0.29, 0.717) is 16.0 Å². The van der Waals surface area contributed by atoms with Crippen LogP contribution in [0.4, 0.5) is 17.1 Å². The van der Waals surface area contributed by atoms with Gasteiger partial charge in [0.25, 0.3) is 0 Å². The van der Waals surface area contributed by atoms with E-state index in [9.17, 15) is 0 Å². The van der Waals surface area contributed by atoms with Crippen LogP contribution in [0.15, 0.2) is 103 Å². The van der Waals surface area contributed by atoms with Crippen LogP contribution in [0.25, 0.3) is 21.9 Å². The van der Waals surface area contributed by atoms with Crippen molar-refractivity contribution in [3.05, 3.63) is 124 Å². The Kier molecular flexibility index (Phi) is 5.00. The van der Waals surface area contributed by atoms with Crippen molar-refractivity contribution in [2.24, 2.45) is 11.8 Å². The minimum Gasteiger partial charge on any atom is -0.309 e. The molecule has 186 valence electrons. The highest BCUT2D eigenvalue weighted by molar-refractivity contribution is 6.44. The summed E-state index contributed by atoms with van der Waals surface area (Å²) in [6, 6.07) is 37.2. The summed E-state index contributed by atoms with van der Waals surface area (Å²) < 4.78 is 0. The molecule has 0 N–H and O–H groups in total. The van der Waals surface area contributed by atoms with Crippen LogP contribution in [0, 0.1) is 11.8 Å². The largest absolute Gasteiger partial charge is 0.309 e. The Labute approximate surface area is 233 Å². The van der Waals surface area contributed by atoms with Gasteiger partial charge in [0.1, 0.15) is 0 Å². The van der Waals surface area contributed by atoms with Crippen molar-refractivity contribution in [3.63, 3.8) is 0 Å². The molecule has 1 nitrogen and oxygen atoms in total. The maximum absolute atomic E-state index is 6.89. The summed E-state index contributed by atoms with van der Waals surface area (Å²) in [6.07, 6.45) is 5.33. The number of hydrogen-bond acceptors (Lipinski definition) is 1. The molecule has 5 aromatic carbocycles. The molecule has 0 aliphatic heterocycles. The molecular formula is C35H27Cl2N. The summed E-state index contributed by atoms with van der Waals surface area (Å²) in [5.41, 5.74) is 9.06. The summed E-state index contributed by atoms with van der Waals surface area (Å²) in [4.78, 5) is 2.28. The second-order valence-corrected chi connectivity index (χ2v) is 12.1. The van der Waals surface area contributed by atoms with Gasteiger partial charge in [0, 0.05) is 16.8 Å². The van der Waals surface area contributed by atoms with Gasteiger partial charge in [-0.1, -0.05) is 96.4 Å². The number of hydrogen-bond donors (Lipinski definition) is 0. The summed E-state index contributed by atoms with van der Waals surface area (Å²) in [7, 11) is 0. The van der Waals surface area contributed by atoms with Crippen LogP contribution >= 0.6 is 23.2 Å². The van der Waals surface area contributed by atoms with Crippen LogP contribution in [0.5, 0.6) is 0 Å². The van der Waals surface area contributed by atoms with Crippen LogP contribution in [-0.2, 0) is 5.41 Å². The first kappa shape index (κ1) is 22.7. The minimum atomic E-state index is 0.123. The lowest BCUT2D eigenvalue weighted by Gasteiger charge is -2.37. The Morgan fingerprint density at radius 2 is 1.42 bits per heavy atom. The average molecular weight is 533 g/mol. The number of nitrogens with zero attached hydrogens (tertiary/aromatic N) is 1. The van der Waals surface area contributed by atoms with E-state index in [0.717, 1.165) is 23.0 Å². The Balaban J connectivity index is 1.37. The molecule has 0 unspecified atom stereocenters. The van der Waals surface area contributed by atoms with E-state index in [1.54, 1.807) is 0 Å². The average Bonchev–Trinajstić information content (AvgIpc) is 3.64. The molecule has 2 saturated carbocycles. The van der Waals surface area contributed by atoms with Crippen molar-refractivity contribution in [2.45, 2.75) is 31.1 Å². The van der Waals surface area contributed by atoms with Crippen LogP contribution in [-0.4, -0.2) is 0 Å². The summed E-state index contributed by atoms with van der Waals surface area (Å²) in [5, 5.41) is 3.55. The number of anilines is 3. The van der Waals surface area contributed by atoms with Gasteiger partial charge in [-0.2, -0.15) is 0 Å². The zero-order valence-corrected chi connectivity index (χ0v) is 22.5. The molecular weight excluding hydrogens is 505 g/mol. The minimum absolute atomic E-state index is 0.123. The topological polar surface area (TPSA) is 3.24 Å². The van der Waals surface area contributed by atoms with Gasteiger partial charge in [0.05, 0.1) is 15.7 Å². The Morgan fingerprint density at radius 3 is 2.26 bits per heavy atom. The first-order valence-corrected chi connectivity index (χ1v) is 14.4. The van der Waals surface area contributed by atoms with Crippen LogP contribution in [0.2, 0.25) is 10.0 Å². The third-order valence-corrected chi connectivity index (χ3v) is 10.3. The third-order valence-electron chi connectivity index (χ3n) is 9.45. The van der Waals surface area contributed by atoms with Gasteiger partial charge in [-0.05, 0) is 101 Å². The van der Waals surface area contributed by atoms with E-state index in [-0.39, 0.29) is 5.41 Å². The lowest BCUT2D eigenvalue weighted by Crippen LogP contribution is -2.32. The van der Waals surface area contributed by atoms with Crippen molar-refractivity contribution in [1.82, 2.24) is 0 Å². The molecule has 0 saturated heterocycles. The van der Waals surface area contributed by atoms with E-state index >= 15 is 0 Å². The van der Waals surface area contributed by atoms with Crippen molar-refractivity contribution >= 4 is 51.0 Å². The first-order valence-electron chi connectivity index (χ1n) is 13.6. The number of fused-ring (bicyclic) bond motifs is 9. The summed E-state index contributed by atoms with van der Waals surface area (Å²) in [5.74, 6) is 1.55. The zero-order chi connectivity index (χ0) is 25.4. The quantitative estimate of drug-likeness (QED) is 0.223. The molecule has 5 aromatic rings. The lowest BCUT2D eigenvalue weighted by atomic mass is 9.67. The molecule has 3 aliphatic rings. The summed E-state index contributed by atoms with van der Waals surface area (Å²) >= 11 is 13.5. The predicted octanol–water partition coefficient (Wildman–Crippen LogP) is 10.7. The summed E-state index contributed by atoms with van der Waals surface area (Å²) in [6.45, 7) is 0. The lowest BCUT2D eigenvalue weighted by molar-refractivity contribution is 0.327. The SMILES string of the molecule is Clc1cccc(N(c2ccc3c(c2)[C@@]2(C[C@H]4CC[C@@H]2C4)c2ccccc2-3)c2ccc3ccccc3c2)c1Cl. The monoisotopic (exact) mass is 531 g/mol. The highest BCUT2D eigenvalue weighted by Crippen LogP contribution is 2.66. The van der Waals surface area contributed by atoms with Crippen molar-refractivity contribution in [2.75, 3.05) is 4.90 Å². The third kappa shape index (κ3) is 3.12. The van der Waals surface area contributed by atoms with Crippen molar-refractivity contribution in [1.29, 1.82) is 0 Å². The first-order chi connectivity index (χ1) is 18.6. The van der Waals surface area contributed by atoms with Crippen LogP contribution in [0.1, 0.15) is 36.8 Å². The maximum atomic E-state index is 6.89. The normalized spacial score (nSPS) is 22.7. The van der Waals surface area contributed by atoms with E-state index in [1.807, 2.05) is 12.1 Å². The highest BCUT2D eigenvalue weighted by atomic mass is 35.5. The fourth-order valence-electron chi connectivity index (χ4n) is 7.93. The van der Waals surface area contributed by atoms with Gasteiger partial charge in [0.2, 0.25) is 0 Å². The van der Waals surface area contributed by atoms with Gasteiger partial charge in [-0.15, -0.1) is 0 Å². The zero-order valence-electron chi connectivity index (χ0n) is 21.0. The van der Waals surface area contributed by atoms with E-state index in [2.05, 4.69) is 95.9 Å². The van der Waals surface area contributed by atoms with Gasteiger partial charge < -0.3 is 4.90 Å². The smallest absolute Gasteiger partial charge is 0.0832 e. The molecule has 0 radical (unpaired) electrons. The van der Waals surface area contributed by atoms with E-state index in [4.69, 9.17) is 23.2 Å². The molecule has 0 amide bonds. The second kappa shape index (κ2) is 8.37. The van der Waals surface area contributed by atoms with Crippen molar-refractivity contribution in [3.8, 4) is 11.1 Å². The van der Waals surface area contributed by atoms with E-state index < -0.39 is 0 Å². The van der Waals surface area contributed by atoms with E-state index in [1.165, 1.54) is 58.7 Å². The Hall–Kier alpha value is -3.26. The van der Waals surface area contributed by atoms with Gasteiger partial charge >= 0.3 is 0 Å². The molecule has 3 atom stereocenters. The Morgan fingerprint density at radius 1 is 0.658 bits per heavy atom. The molecule has 2 bridgehead atoms. The molecule has 0 heterocycles. The predicted molar refractivity (Wildman–Crippen MR) is 160 cm³/mol. The molecule has 1 spiro atoms. The molecule has 3 aliphatic carbocycles. The number of benzene rings is 5. The molecule has 38 heavy (non-hydrogen) atoms. The molecule has 0 aromatic heterocycles. The number of rotatable bonds is 3. The molecule has 8 rings (SSSR count). The van der Waals surface area contributed by atoms with Crippen molar-refractivity contribution < 1.29 is 0 Å². The maximum Gasteiger partial charge on any atom is 0.0832 e. The van der Waals surface area contributed by atoms with Gasteiger partial charge in [-0.3, -0.25) is 0 Å². The fraction of sp³-hybridized carbons (Fsp3) is 0.200. The fourth-order valence-corrected chi connectivity index (χ4v) is 8.31. The molecule has 3 heteroatoms. The number of halogens is 2. The molecule has 2 fully saturated rings. The Bertz CT molecular complexity index is 1740. The van der Waals surface area contributed by atoms with Crippen LogP contribution < -0.4 is 4.90 Å². The van der Waals surface area contributed by atoms with Crippen LogP contribution in [0.3, 0.4) is 0 Å². The standard InChI is InChI=1S/C35H27Cl2N/c36-32-10-5-11-33(34(32)37)38(26-15-13-23-6-1-2-7-24(23)19-26)27-16-17-29-28-8-3-4-9-30(28)35(31(29)20-27)21-22-12-14-25(35)18-22/h1-11,13,15-17,19-20,22,25H,12,14,18,21H2/t22-,25+,35+/m0/s1. The van der Waals surface area contributed by atoms with Gasteiger partial charge in [-0.25, -0.2) is 0 Å². The van der Waals surface area contributed by atoms with Gasteiger partial charge in [0.15, 0.2) is 0 Å².